The molecule has 2 nitrogen and oxygen atoms in total. The highest BCUT2D eigenvalue weighted by Crippen LogP contribution is 2.40. The van der Waals surface area contributed by atoms with E-state index in [9.17, 15) is 0 Å². The van der Waals surface area contributed by atoms with Crippen LogP contribution >= 0.6 is 0 Å². The average Bonchev–Trinajstić information content (AvgIpc) is 2.57. The normalized spacial score (nSPS) is 35.4. The zero-order valence-corrected chi connectivity index (χ0v) is 10.7. The van der Waals surface area contributed by atoms with Gasteiger partial charge in [0.25, 0.3) is 0 Å². The monoisotopic (exact) mass is 221 g/mol. The Morgan fingerprint density at radius 1 is 1.31 bits per heavy atom. The summed E-state index contributed by atoms with van der Waals surface area (Å²) in [4.78, 5) is 2.37. The molecule has 1 unspecified atom stereocenters. The van der Waals surface area contributed by atoms with Crippen LogP contribution in [0.15, 0.2) is 23.5 Å². The molecule has 0 amide bonds. The third-order valence-corrected chi connectivity index (χ3v) is 3.54. The Morgan fingerprint density at radius 2 is 2.06 bits per heavy atom. The summed E-state index contributed by atoms with van der Waals surface area (Å²) in [7, 11) is 2.18. The Bertz CT molecular complexity index is 306. The van der Waals surface area contributed by atoms with Crippen LogP contribution in [-0.2, 0) is 4.74 Å². The summed E-state index contributed by atoms with van der Waals surface area (Å²) in [5.41, 5.74) is 1.47. The van der Waals surface area contributed by atoms with Crippen molar-refractivity contribution >= 4 is 0 Å². The number of piperidine rings is 1. The maximum Gasteiger partial charge on any atom is 0.119 e. The Kier molecular flexibility index (Phi) is 3.70. The van der Waals surface area contributed by atoms with Gasteiger partial charge in [-0.1, -0.05) is 19.9 Å². The van der Waals surface area contributed by atoms with Gasteiger partial charge < -0.3 is 9.64 Å². The average molecular weight is 221 g/mol. The molecule has 0 aliphatic carbocycles. The molecule has 2 heterocycles. The topological polar surface area (TPSA) is 12.5 Å². The maximum absolute atomic E-state index is 6.09. The van der Waals surface area contributed by atoms with Gasteiger partial charge in [-0.15, -0.1) is 0 Å². The SMILES string of the molecule is CC/C=C1\C(=C/CC)O[C@@H]2CN(C)CCC12. The molecule has 2 atom stereocenters. The Morgan fingerprint density at radius 3 is 2.75 bits per heavy atom. The Labute approximate surface area is 99.0 Å². The number of hydrogen-bond acceptors (Lipinski definition) is 2. The standard InChI is InChI=1S/C14H23NO/c1-4-6-11-12-8-9-15(3)10-14(12)16-13(11)7-5-2/h6-7,12,14H,4-5,8-10H2,1-3H3/b11-6-,13-7+/t12?,14-/m1/s1. The maximum atomic E-state index is 6.09. The molecule has 90 valence electrons. The molecule has 0 radical (unpaired) electrons. The highest BCUT2D eigenvalue weighted by molar-refractivity contribution is 5.34. The lowest BCUT2D eigenvalue weighted by Gasteiger charge is -2.30. The highest BCUT2D eigenvalue weighted by Gasteiger charge is 2.39. The first-order valence-electron chi connectivity index (χ1n) is 6.52. The zero-order valence-electron chi connectivity index (χ0n) is 10.7. The molecule has 2 rings (SSSR count). The van der Waals surface area contributed by atoms with Gasteiger partial charge in [0.1, 0.15) is 11.9 Å². The minimum atomic E-state index is 0.398. The summed E-state index contributed by atoms with van der Waals surface area (Å²) in [5.74, 6) is 1.81. The quantitative estimate of drug-likeness (QED) is 0.711. The minimum absolute atomic E-state index is 0.398. The molecule has 16 heavy (non-hydrogen) atoms. The molecule has 0 N–H and O–H groups in total. The van der Waals surface area contributed by atoms with E-state index in [4.69, 9.17) is 4.74 Å². The third kappa shape index (κ3) is 2.17. The molecular weight excluding hydrogens is 198 g/mol. The largest absolute Gasteiger partial charge is 0.489 e. The van der Waals surface area contributed by atoms with Crippen molar-refractivity contribution in [1.82, 2.24) is 4.90 Å². The predicted molar refractivity (Wildman–Crippen MR) is 67.2 cm³/mol. The van der Waals surface area contributed by atoms with Gasteiger partial charge in [-0.05, 0) is 44.5 Å². The van der Waals surface area contributed by atoms with Crippen LogP contribution < -0.4 is 0 Å². The van der Waals surface area contributed by atoms with Crippen molar-refractivity contribution in [3.8, 4) is 0 Å². The second-order valence-corrected chi connectivity index (χ2v) is 4.86. The van der Waals surface area contributed by atoms with Crippen LogP contribution in [0.5, 0.6) is 0 Å². The lowest BCUT2D eigenvalue weighted by molar-refractivity contribution is 0.0600. The van der Waals surface area contributed by atoms with E-state index in [1.807, 2.05) is 0 Å². The molecule has 0 aromatic carbocycles. The minimum Gasteiger partial charge on any atom is -0.489 e. The van der Waals surface area contributed by atoms with E-state index in [1.54, 1.807) is 0 Å². The van der Waals surface area contributed by atoms with E-state index in [0.717, 1.165) is 25.1 Å². The molecular formula is C14H23NO. The molecule has 0 aromatic heterocycles. The number of rotatable bonds is 2. The third-order valence-electron chi connectivity index (χ3n) is 3.54. The van der Waals surface area contributed by atoms with Crippen LogP contribution in [0.25, 0.3) is 0 Å². The summed E-state index contributed by atoms with van der Waals surface area (Å²) >= 11 is 0. The molecule has 0 saturated carbocycles. The summed E-state index contributed by atoms with van der Waals surface area (Å²) < 4.78 is 6.09. The lowest BCUT2D eigenvalue weighted by Crippen LogP contribution is -2.40. The first kappa shape index (κ1) is 11.7. The molecule has 0 bridgehead atoms. The van der Waals surface area contributed by atoms with E-state index >= 15 is 0 Å². The van der Waals surface area contributed by atoms with Gasteiger partial charge in [-0.25, -0.2) is 0 Å². The number of hydrogen-bond donors (Lipinski definition) is 0. The van der Waals surface area contributed by atoms with Crippen LogP contribution in [0.4, 0.5) is 0 Å². The summed E-state index contributed by atoms with van der Waals surface area (Å²) in [6, 6.07) is 0. The van der Waals surface area contributed by atoms with Gasteiger partial charge in [-0.2, -0.15) is 0 Å². The van der Waals surface area contributed by atoms with Crippen molar-refractivity contribution in [2.75, 3.05) is 20.1 Å². The van der Waals surface area contributed by atoms with Gasteiger partial charge in [0.05, 0.1) is 0 Å². The fraction of sp³-hybridized carbons (Fsp3) is 0.714. The first-order chi connectivity index (χ1) is 7.76. The first-order valence-corrected chi connectivity index (χ1v) is 6.52. The second kappa shape index (κ2) is 5.05. The smallest absolute Gasteiger partial charge is 0.119 e. The number of likely N-dealkylation sites (N-methyl/N-ethyl adjacent to an activating group) is 1. The molecule has 2 heteroatoms. The molecule has 2 aliphatic heterocycles. The fourth-order valence-electron chi connectivity index (χ4n) is 2.78. The van der Waals surface area contributed by atoms with Crippen molar-refractivity contribution in [2.24, 2.45) is 5.92 Å². The van der Waals surface area contributed by atoms with Gasteiger partial charge in [0.2, 0.25) is 0 Å². The summed E-state index contributed by atoms with van der Waals surface area (Å²) in [6.45, 7) is 6.66. The number of allylic oxidation sites excluding steroid dienone is 3. The van der Waals surface area contributed by atoms with Crippen LogP contribution in [0.1, 0.15) is 33.1 Å². The fourth-order valence-corrected chi connectivity index (χ4v) is 2.78. The molecule has 2 fully saturated rings. The molecule has 0 spiro atoms. The van der Waals surface area contributed by atoms with Crippen LogP contribution in [0.3, 0.4) is 0 Å². The summed E-state index contributed by atoms with van der Waals surface area (Å²) in [6.07, 6.45) is 8.41. The van der Waals surface area contributed by atoms with Crippen LogP contribution in [0.2, 0.25) is 0 Å². The van der Waals surface area contributed by atoms with Crippen molar-refractivity contribution in [1.29, 1.82) is 0 Å². The number of fused-ring (bicyclic) bond motifs is 1. The van der Waals surface area contributed by atoms with Crippen LogP contribution in [0, 0.1) is 5.92 Å². The highest BCUT2D eigenvalue weighted by atomic mass is 16.5. The Hall–Kier alpha value is -0.760. The predicted octanol–water partition coefficient (Wildman–Crippen LogP) is 2.97. The van der Waals surface area contributed by atoms with E-state index in [2.05, 4.69) is 37.9 Å². The van der Waals surface area contributed by atoms with E-state index in [-0.39, 0.29) is 0 Å². The van der Waals surface area contributed by atoms with E-state index in [1.165, 1.54) is 18.5 Å². The van der Waals surface area contributed by atoms with Crippen molar-refractivity contribution in [3.05, 3.63) is 23.5 Å². The Balaban J connectivity index is 2.20. The molecule has 0 aromatic rings. The summed E-state index contributed by atoms with van der Waals surface area (Å²) in [5, 5.41) is 0. The van der Waals surface area contributed by atoms with E-state index < -0.39 is 0 Å². The van der Waals surface area contributed by atoms with Gasteiger partial charge in [0.15, 0.2) is 0 Å². The number of likely N-dealkylation sites (tertiary alicyclic amines) is 1. The van der Waals surface area contributed by atoms with Crippen molar-refractivity contribution in [3.63, 3.8) is 0 Å². The number of ether oxygens (including phenoxy) is 1. The van der Waals surface area contributed by atoms with Crippen LogP contribution in [-0.4, -0.2) is 31.1 Å². The van der Waals surface area contributed by atoms with Crippen molar-refractivity contribution < 1.29 is 4.74 Å². The van der Waals surface area contributed by atoms with Gasteiger partial charge in [0, 0.05) is 12.5 Å². The van der Waals surface area contributed by atoms with E-state index in [0.29, 0.717) is 12.0 Å². The molecule has 2 aliphatic rings. The van der Waals surface area contributed by atoms with Crippen molar-refractivity contribution in [2.45, 2.75) is 39.2 Å². The second-order valence-electron chi connectivity index (χ2n) is 4.86. The zero-order chi connectivity index (χ0) is 11.5. The molecule has 2 saturated heterocycles. The van der Waals surface area contributed by atoms with Gasteiger partial charge >= 0.3 is 0 Å². The number of nitrogens with zero attached hydrogens (tertiary/aromatic N) is 1. The lowest BCUT2D eigenvalue weighted by atomic mass is 9.88. The van der Waals surface area contributed by atoms with Gasteiger partial charge in [-0.3, -0.25) is 0 Å².